The molecule has 2 saturated heterocycles. The predicted molar refractivity (Wildman–Crippen MR) is 96.2 cm³/mol. The molecule has 9 heteroatoms. The molecule has 2 aromatic rings. The Hall–Kier alpha value is -2.99. The highest BCUT2D eigenvalue weighted by molar-refractivity contribution is 5.54. The van der Waals surface area contributed by atoms with Crippen LogP contribution < -0.4 is 14.7 Å². The van der Waals surface area contributed by atoms with Crippen molar-refractivity contribution in [2.45, 2.75) is 0 Å². The lowest BCUT2D eigenvalue weighted by molar-refractivity contribution is 0.122. The number of morpholine rings is 1. The third kappa shape index (κ3) is 3.36. The largest absolute Gasteiger partial charge is 0.378 e. The van der Waals surface area contributed by atoms with Crippen LogP contribution in [0.25, 0.3) is 0 Å². The number of piperazine rings is 1. The monoisotopic (exact) mass is 352 g/mol. The maximum Gasteiger partial charge on any atom is 0.183 e. The van der Waals surface area contributed by atoms with Crippen molar-refractivity contribution >= 4 is 17.5 Å². The van der Waals surface area contributed by atoms with Crippen LogP contribution in [0.3, 0.4) is 0 Å². The number of ether oxygens (including phenoxy) is 1. The van der Waals surface area contributed by atoms with Gasteiger partial charge >= 0.3 is 0 Å². The Bertz CT molecular complexity index is 793. The molecule has 9 nitrogen and oxygen atoms in total. The molecule has 2 aliphatic heterocycles. The second-order valence-corrected chi connectivity index (χ2v) is 6.15. The summed E-state index contributed by atoms with van der Waals surface area (Å²) >= 11 is 0. The summed E-state index contributed by atoms with van der Waals surface area (Å²) in [7, 11) is 0. The van der Waals surface area contributed by atoms with E-state index in [0.717, 1.165) is 64.1 Å². The summed E-state index contributed by atoms with van der Waals surface area (Å²) < 4.78 is 5.41. The van der Waals surface area contributed by atoms with E-state index in [1.807, 2.05) is 6.07 Å². The van der Waals surface area contributed by atoms with E-state index in [1.165, 1.54) is 0 Å². The van der Waals surface area contributed by atoms with Gasteiger partial charge in [0.1, 0.15) is 24.0 Å². The number of hydrogen-bond acceptors (Lipinski definition) is 9. The van der Waals surface area contributed by atoms with Crippen LogP contribution in [-0.2, 0) is 4.74 Å². The van der Waals surface area contributed by atoms with E-state index in [1.54, 1.807) is 18.7 Å². The summed E-state index contributed by atoms with van der Waals surface area (Å²) in [5.41, 5.74) is 0.373. The molecule has 4 rings (SSSR count). The molecule has 0 amide bonds. The van der Waals surface area contributed by atoms with Crippen molar-refractivity contribution in [3.05, 3.63) is 30.5 Å². The molecule has 2 aliphatic rings. The van der Waals surface area contributed by atoms with Crippen LogP contribution in [0, 0.1) is 11.3 Å². The molecular weight excluding hydrogens is 332 g/mol. The van der Waals surface area contributed by atoms with Gasteiger partial charge in [0.2, 0.25) is 0 Å². The van der Waals surface area contributed by atoms with Gasteiger partial charge < -0.3 is 19.4 Å². The van der Waals surface area contributed by atoms with Crippen molar-refractivity contribution in [2.75, 3.05) is 67.2 Å². The zero-order chi connectivity index (χ0) is 17.8. The SMILES string of the molecule is N#Cc1nccnc1N1CCN(c2cc(N3CCOCC3)ncn2)CC1. The molecule has 4 heterocycles. The second kappa shape index (κ2) is 7.49. The van der Waals surface area contributed by atoms with E-state index in [-0.39, 0.29) is 0 Å². The highest BCUT2D eigenvalue weighted by atomic mass is 16.5. The third-order valence-corrected chi connectivity index (χ3v) is 4.66. The Kier molecular flexibility index (Phi) is 4.75. The maximum absolute atomic E-state index is 9.21. The van der Waals surface area contributed by atoms with Gasteiger partial charge in [0.25, 0.3) is 0 Å². The second-order valence-electron chi connectivity index (χ2n) is 6.15. The number of nitrogens with zero attached hydrogens (tertiary/aromatic N) is 8. The minimum atomic E-state index is 0.373. The molecule has 0 saturated carbocycles. The van der Waals surface area contributed by atoms with Gasteiger partial charge in [-0.05, 0) is 0 Å². The fourth-order valence-corrected chi connectivity index (χ4v) is 3.26. The first-order chi connectivity index (χ1) is 12.8. The fourth-order valence-electron chi connectivity index (χ4n) is 3.26. The van der Waals surface area contributed by atoms with Crippen molar-refractivity contribution in [2.24, 2.45) is 0 Å². The average Bonchev–Trinajstić information content (AvgIpc) is 2.74. The molecule has 0 unspecified atom stereocenters. The van der Waals surface area contributed by atoms with Crippen molar-refractivity contribution in [1.82, 2.24) is 19.9 Å². The van der Waals surface area contributed by atoms with Gasteiger partial charge in [0.15, 0.2) is 11.5 Å². The lowest BCUT2D eigenvalue weighted by atomic mass is 10.3. The van der Waals surface area contributed by atoms with E-state index in [0.29, 0.717) is 11.5 Å². The van der Waals surface area contributed by atoms with E-state index < -0.39 is 0 Å². The van der Waals surface area contributed by atoms with Gasteiger partial charge in [-0.3, -0.25) is 0 Å². The van der Waals surface area contributed by atoms with Crippen molar-refractivity contribution in [1.29, 1.82) is 5.26 Å². The van der Waals surface area contributed by atoms with Gasteiger partial charge in [-0.2, -0.15) is 5.26 Å². The quantitative estimate of drug-likeness (QED) is 0.773. The summed E-state index contributed by atoms with van der Waals surface area (Å²) in [5, 5.41) is 9.21. The molecular formula is C17H20N8O. The van der Waals surface area contributed by atoms with Gasteiger partial charge in [0, 0.05) is 57.7 Å². The Labute approximate surface area is 151 Å². The third-order valence-electron chi connectivity index (χ3n) is 4.66. The van der Waals surface area contributed by atoms with Crippen LogP contribution in [0.5, 0.6) is 0 Å². The first-order valence-electron chi connectivity index (χ1n) is 8.71. The average molecular weight is 352 g/mol. The molecule has 0 atom stereocenters. The topological polar surface area (TPSA) is 94.3 Å². The summed E-state index contributed by atoms with van der Waals surface area (Å²) in [4.78, 5) is 23.9. The van der Waals surface area contributed by atoms with Crippen LogP contribution in [0.2, 0.25) is 0 Å². The standard InChI is InChI=1S/C17H20N8O/c18-12-14-17(20-2-1-19-14)25-5-3-23(4-6-25)15-11-16(22-13-21-15)24-7-9-26-10-8-24/h1-2,11,13H,3-10H2. The minimum Gasteiger partial charge on any atom is -0.378 e. The van der Waals surface area contributed by atoms with E-state index in [9.17, 15) is 5.26 Å². The van der Waals surface area contributed by atoms with E-state index >= 15 is 0 Å². The first-order valence-corrected chi connectivity index (χ1v) is 8.71. The minimum absolute atomic E-state index is 0.373. The van der Waals surface area contributed by atoms with Gasteiger partial charge in [-0.1, -0.05) is 0 Å². The number of hydrogen-bond donors (Lipinski definition) is 0. The molecule has 0 radical (unpaired) electrons. The van der Waals surface area contributed by atoms with Crippen LogP contribution >= 0.6 is 0 Å². The Morgan fingerprint density at radius 1 is 0.808 bits per heavy atom. The smallest absolute Gasteiger partial charge is 0.183 e. The molecule has 0 aliphatic carbocycles. The number of anilines is 3. The van der Waals surface area contributed by atoms with Crippen LogP contribution in [0.1, 0.15) is 5.69 Å². The lowest BCUT2D eigenvalue weighted by Gasteiger charge is -2.36. The number of aromatic nitrogens is 4. The molecule has 0 N–H and O–H groups in total. The highest BCUT2D eigenvalue weighted by Gasteiger charge is 2.22. The molecule has 2 fully saturated rings. The molecule has 0 aromatic carbocycles. The molecule has 134 valence electrons. The molecule has 0 spiro atoms. The summed E-state index contributed by atoms with van der Waals surface area (Å²) in [6, 6.07) is 4.16. The number of rotatable bonds is 3. The zero-order valence-corrected chi connectivity index (χ0v) is 14.5. The van der Waals surface area contributed by atoms with Gasteiger partial charge in [-0.25, -0.2) is 19.9 Å². The molecule has 0 bridgehead atoms. The van der Waals surface area contributed by atoms with Crippen molar-refractivity contribution in [3.63, 3.8) is 0 Å². The maximum atomic E-state index is 9.21. The lowest BCUT2D eigenvalue weighted by Crippen LogP contribution is -2.47. The first kappa shape index (κ1) is 16.5. The van der Waals surface area contributed by atoms with E-state index in [4.69, 9.17) is 4.74 Å². The van der Waals surface area contributed by atoms with Gasteiger partial charge in [-0.15, -0.1) is 0 Å². The van der Waals surface area contributed by atoms with Crippen molar-refractivity contribution < 1.29 is 4.74 Å². The summed E-state index contributed by atoms with van der Waals surface area (Å²) in [5.74, 6) is 2.54. The molecule has 2 aromatic heterocycles. The molecule has 26 heavy (non-hydrogen) atoms. The number of nitriles is 1. The normalized spacial score (nSPS) is 17.9. The fraction of sp³-hybridized carbons (Fsp3) is 0.471. The predicted octanol–water partition coefficient (Wildman–Crippen LogP) is 0.301. The Morgan fingerprint density at radius 2 is 1.42 bits per heavy atom. The van der Waals surface area contributed by atoms with Crippen LogP contribution in [0.15, 0.2) is 24.8 Å². The van der Waals surface area contributed by atoms with Crippen LogP contribution in [-0.4, -0.2) is 72.4 Å². The highest BCUT2D eigenvalue weighted by Crippen LogP contribution is 2.22. The zero-order valence-electron chi connectivity index (χ0n) is 14.5. The van der Waals surface area contributed by atoms with Crippen molar-refractivity contribution in [3.8, 4) is 6.07 Å². The van der Waals surface area contributed by atoms with Gasteiger partial charge in [0.05, 0.1) is 13.2 Å². The Morgan fingerprint density at radius 3 is 2.12 bits per heavy atom. The summed E-state index contributed by atoms with van der Waals surface area (Å²) in [6.45, 7) is 6.33. The summed E-state index contributed by atoms with van der Waals surface area (Å²) in [6.07, 6.45) is 4.80. The Balaban J connectivity index is 1.44. The van der Waals surface area contributed by atoms with Crippen LogP contribution in [0.4, 0.5) is 17.5 Å². The van der Waals surface area contributed by atoms with E-state index in [2.05, 4.69) is 40.7 Å².